The number of amides is 1. The predicted octanol–water partition coefficient (Wildman–Crippen LogP) is 0.681. The molecule has 0 spiro atoms. The van der Waals surface area contributed by atoms with Crippen LogP contribution in [0.1, 0.15) is 32.1 Å². The van der Waals surface area contributed by atoms with E-state index in [0.29, 0.717) is 24.4 Å². The van der Waals surface area contributed by atoms with Crippen LogP contribution in [0.3, 0.4) is 0 Å². The van der Waals surface area contributed by atoms with Crippen molar-refractivity contribution in [2.24, 2.45) is 0 Å². The van der Waals surface area contributed by atoms with Gasteiger partial charge in [-0.2, -0.15) is 0 Å². The van der Waals surface area contributed by atoms with Crippen molar-refractivity contribution in [2.75, 3.05) is 33.7 Å². The molecule has 4 heteroatoms. The van der Waals surface area contributed by atoms with Crippen LogP contribution in [0.15, 0.2) is 0 Å². The molecule has 0 radical (unpaired) electrons. The van der Waals surface area contributed by atoms with Crippen LogP contribution in [-0.4, -0.2) is 61.5 Å². The Balaban J connectivity index is 1.81. The van der Waals surface area contributed by atoms with Gasteiger partial charge >= 0.3 is 0 Å². The maximum Gasteiger partial charge on any atom is 0.224 e. The van der Waals surface area contributed by atoms with E-state index in [1.807, 2.05) is 0 Å². The number of likely N-dealkylation sites (tertiary alicyclic amines) is 1. The number of likely N-dealkylation sites (N-methyl/N-ethyl adjacent to an activating group) is 1. The van der Waals surface area contributed by atoms with E-state index in [-0.39, 0.29) is 0 Å². The van der Waals surface area contributed by atoms with Gasteiger partial charge in [-0.25, -0.2) is 0 Å². The van der Waals surface area contributed by atoms with Crippen molar-refractivity contribution in [2.45, 2.75) is 44.2 Å². The maximum atomic E-state index is 12.2. The molecule has 17 heavy (non-hydrogen) atoms. The summed E-state index contributed by atoms with van der Waals surface area (Å²) in [5.74, 6) is 0.343. The maximum absolute atomic E-state index is 12.2. The number of carbonyl (C=O) groups excluding carboxylic acids is 1. The Morgan fingerprint density at radius 3 is 2.82 bits per heavy atom. The highest BCUT2D eigenvalue weighted by Crippen LogP contribution is 2.17. The Hall–Kier alpha value is -0.610. The molecular weight excluding hydrogens is 214 g/mol. The molecule has 1 amide bonds. The topological polar surface area (TPSA) is 35.6 Å². The molecule has 4 nitrogen and oxygen atoms in total. The molecule has 98 valence electrons. The summed E-state index contributed by atoms with van der Waals surface area (Å²) in [6.07, 6.45) is 5.44. The number of piperidine rings is 1. The van der Waals surface area contributed by atoms with E-state index < -0.39 is 0 Å². The SMILES string of the molecule is CN(C)C1CCCN(C(=O)CC2CCCN2)C1. The van der Waals surface area contributed by atoms with Gasteiger partial charge in [-0.15, -0.1) is 0 Å². The van der Waals surface area contributed by atoms with Crippen molar-refractivity contribution >= 4 is 5.91 Å². The third-order valence-corrected chi connectivity index (χ3v) is 4.06. The monoisotopic (exact) mass is 239 g/mol. The number of nitrogens with one attached hydrogen (secondary N) is 1. The number of rotatable bonds is 3. The van der Waals surface area contributed by atoms with Gasteiger partial charge in [-0.3, -0.25) is 4.79 Å². The van der Waals surface area contributed by atoms with Crippen molar-refractivity contribution < 1.29 is 4.79 Å². The first-order chi connectivity index (χ1) is 8.16. The molecule has 2 aliphatic heterocycles. The molecule has 2 aliphatic rings. The average Bonchev–Trinajstić information content (AvgIpc) is 2.82. The van der Waals surface area contributed by atoms with Crippen LogP contribution in [0.4, 0.5) is 0 Å². The molecule has 0 aromatic rings. The van der Waals surface area contributed by atoms with Crippen molar-refractivity contribution in [1.29, 1.82) is 0 Å². The fourth-order valence-electron chi connectivity index (χ4n) is 2.87. The molecule has 1 N–H and O–H groups in total. The molecule has 2 heterocycles. The minimum atomic E-state index is 0.343. The Kier molecular flexibility index (Phi) is 4.40. The fourth-order valence-corrected chi connectivity index (χ4v) is 2.87. The van der Waals surface area contributed by atoms with E-state index in [0.717, 1.165) is 32.5 Å². The van der Waals surface area contributed by atoms with Crippen LogP contribution in [0, 0.1) is 0 Å². The molecule has 0 bridgehead atoms. The van der Waals surface area contributed by atoms with Crippen LogP contribution >= 0.6 is 0 Å². The Morgan fingerprint density at radius 1 is 1.35 bits per heavy atom. The summed E-state index contributed by atoms with van der Waals surface area (Å²) in [4.78, 5) is 16.5. The van der Waals surface area contributed by atoms with Gasteiger partial charge in [0.15, 0.2) is 0 Å². The molecule has 0 aliphatic carbocycles. The van der Waals surface area contributed by atoms with E-state index in [9.17, 15) is 4.79 Å². The Labute approximate surface area is 104 Å². The minimum Gasteiger partial charge on any atom is -0.341 e. The Morgan fingerprint density at radius 2 is 2.18 bits per heavy atom. The summed E-state index contributed by atoms with van der Waals surface area (Å²) in [6, 6.07) is 0.978. The first-order valence-electron chi connectivity index (χ1n) is 6.84. The smallest absolute Gasteiger partial charge is 0.224 e. The quantitative estimate of drug-likeness (QED) is 0.787. The standard InChI is InChI=1S/C13H25N3O/c1-15(2)12-6-4-8-16(10-12)13(17)9-11-5-3-7-14-11/h11-12,14H,3-10H2,1-2H3. The summed E-state index contributed by atoms with van der Waals surface area (Å²) in [5.41, 5.74) is 0. The predicted molar refractivity (Wildman–Crippen MR) is 68.9 cm³/mol. The molecule has 2 atom stereocenters. The van der Waals surface area contributed by atoms with E-state index in [4.69, 9.17) is 0 Å². The number of carbonyl (C=O) groups is 1. The lowest BCUT2D eigenvalue weighted by Gasteiger charge is -2.36. The first-order valence-corrected chi connectivity index (χ1v) is 6.84. The molecule has 2 rings (SSSR count). The second kappa shape index (κ2) is 5.83. The third-order valence-electron chi connectivity index (χ3n) is 4.06. The average molecular weight is 239 g/mol. The second-order valence-electron chi connectivity index (χ2n) is 5.60. The Bertz CT molecular complexity index is 261. The zero-order valence-electron chi connectivity index (χ0n) is 11.1. The van der Waals surface area contributed by atoms with E-state index in [1.165, 1.54) is 12.8 Å². The van der Waals surface area contributed by atoms with Crippen LogP contribution in [0.2, 0.25) is 0 Å². The molecule has 2 saturated heterocycles. The number of hydrogen-bond acceptors (Lipinski definition) is 3. The van der Waals surface area contributed by atoms with Gasteiger partial charge in [0.2, 0.25) is 5.91 Å². The summed E-state index contributed by atoms with van der Waals surface area (Å²) in [7, 11) is 4.22. The van der Waals surface area contributed by atoms with Gasteiger partial charge in [-0.1, -0.05) is 0 Å². The van der Waals surface area contributed by atoms with Crippen molar-refractivity contribution in [3.05, 3.63) is 0 Å². The normalized spacial score (nSPS) is 29.9. The van der Waals surface area contributed by atoms with Crippen LogP contribution in [-0.2, 0) is 4.79 Å². The lowest BCUT2D eigenvalue weighted by atomic mass is 10.0. The summed E-state index contributed by atoms with van der Waals surface area (Å²) < 4.78 is 0. The van der Waals surface area contributed by atoms with Crippen LogP contribution < -0.4 is 5.32 Å². The van der Waals surface area contributed by atoms with E-state index >= 15 is 0 Å². The molecule has 2 fully saturated rings. The second-order valence-corrected chi connectivity index (χ2v) is 5.60. The summed E-state index contributed by atoms with van der Waals surface area (Å²) in [5, 5.41) is 3.40. The summed E-state index contributed by atoms with van der Waals surface area (Å²) >= 11 is 0. The van der Waals surface area contributed by atoms with Gasteiger partial charge in [0.25, 0.3) is 0 Å². The fraction of sp³-hybridized carbons (Fsp3) is 0.923. The first kappa shape index (κ1) is 12.8. The molecule has 0 saturated carbocycles. The van der Waals surface area contributed by atoms with Crippen molar-refractivity contribution in [3.8, 4) is 0 Å². The van der Waals surface area contributed by atoms with E-state index in [2.05, 4.69) is 29.2 Å². The van der Waals surface area contributed by atoms with Gasteiger partial charge in [0.1, 0.15) is 0 Å². The highest BCUT2D eigenvalue weighted by molar-refractivity contribution is 5.77. The highest BCUT2D eigenvalue weighted by atomic mass is 16.2. The summed E-state index contributed by atoms with van der Waals surface area (Å²) in [6.45, 7) is 2.95. The zero-order valence-corrected chi connectivity index (χ0v) is 11.1. The lowest BCUT2D eigenvalue weighted by molar-refractivity contribution is -0.133. The van der Waals surface area contributed by atoms with Crippen molar-refractivity contribution in [3.63, 3.8) is 0 Å². The van der Waals surface area contributed by atoms with Gasteiger partial charge in [-0.05, 0) is 46.3 Å². The molecule has 2 unspecified atom stereocenters. The number of nitrogens with zero attached hydrogens (tertiary/aromatic N) is 2. The van der Waals surface area contributed by atoms with Crippen LogP contribution in [0.5, 0.6) is 0 Å². The molecule has 0 aromatic heterocycles. The van der Waals surface area contributed by atoms with Crippen LogP contribution in [0.25, 0.3) is 0 Å². The zero-order chi connectivity index (χ0) is 12.3. The minimum absolute atomic E-state index is 0.343. The lowest BCUT2D eigenvalue weighted by Crippen LogP contribution is -2.48. The van der Waals surface area contributed by atoms with Gasteiger partial charge in [0.05, 0.1) is 0 Å². The van der Waals surface area contributed by atoms with Gasteiger partial charge in [0, 0.05) is 31.6 Å². The molecule has 0 aromatic carbocycles. The largest absolute Gasteiger partial charge is 0.341 e. The van der Waals surface area contributed by atoms with E-state index in [1.54, 1.807) is 0 Å². The third kappa shape index (κ3) is 3.42. The highest BCUT2D eigenvalue weighted by Gasteiger charge is 2.27. The van der Waals surface area contributed by atoms with Gasteiger partial charge < -0.3 is 15.1 Å². The number of hydrogen-bond donors (Lipinski definition) is 1. The van der Waals surface area contributed by atoms with Crippen molar-refractivity contribution in [1.82, 2.24) is 15.1 Å². The molecular formula is C13H25N3O.